The van der Waals surface area contributed by atoms with Gasteiger partial charge in [-0.25, -0.2) is 0 Å². The van der Waals surface area contributed by atoms with E-state index in [1.54, 1.807) is 19.2 Å². The summed E-state index contributed by atoms with van der Waals surface area (Å²) in [6.45, 7) is 4.99. The number of hydrogen-bond donors (Lipinski definition) is 1. The van der Waals surface area contributed by atoms with Gasteiger partial charge >= 0.3 is 0 Å². The smallest absolute Gasteiger partial charge is 0.179 e. The lowest BCUT2D eigenvalue weighted by molar-refractivity contribution is 0.00275. The molecular formula is C15H21ClO4. The molecule has 20 heavy (non-hydrogen) atoms. The molecule has 2 rings (SSSR count). The van der Waals surface area contributed by atoms with Crippen molar-refractivity contribution in [3.05, 3.63) is 22.7 Å². The molecule has 0 spiro atoms. The van der Waals surface area contributed by atoms with Crippen LogP contribution in [-0.4, -0.2) is 31.0 Å². The quantitative estimate of drug-likeness (QED) is 0.906. The number of methoxy groups -OCH3 is 1. The zero-order valence-electron chi connectivity index (χ0n) is 12.1. The first kappa shape index (κ1) is 15.4. The summed E-state index contributed by atoms with van der Waals surface area (Å²) in [4.78, 5) is 0. The predicted molar refractivity (Wildman–Crippen MR) is 77.7 cm³/mol. The summed E-state index contributed by atoms with van der Waals surface area (Å²) in [6.07, 6.45) is 0.742. The standard InChI is InChI=1S/C15H21ClO4/c1-15(2,18-3)5-4-12(17)10-8-11(16)14-13(9-10)19-6-7-20-14/h8-9,12,17H,4-7H2,1-3H3. The monoisotopic (exact) mass is 300 g/mol. The number of aliphatic hydroxyl groups is 1. The van der Waals surface area contributed by atoms with Crippen LogP contribution in [0.1, 0.15) is 38.4 Å². The Morgan fingerprint density at radius 2 is 2.05 bits per heavy atom. The predicted octanol–water partition coefficient (Wildman–Crippen LogP) is 3.35. The molecular weight excluding hydrogens is 280 g/mol. The minimum atomic E-state index is -0.599. The molecule has 0 fully saturated rings. The van der Waals surface area contributed by atoms with Crippen LogP contribution in [0.4, 0.5) is 0 Å². The van der Waals surface area contributed by atoms with Gasteiger partial charge in [0.15, 0.2) is 11.5 Å². The summed E-state index contributed by atoms with van der Waals surface area (Å²) in [5, 5.41) is 10.8. The van der Waals surface area contributed by atoms with E-state index in [4.69, 9.17) is 25.8 Å². The maximum absolute atomic E-state index is 10.3. The molecule has 0 radical (unpaired) electrons. The number of fused-ring (bicyclic) bond motifs is 1. The Labute approximate surface area is 124 Å². The maximum atomic E-state index is 10.3. The van der Waals surface area contributed by atoms with Gasteiger partial charge < -0.3 is 19.3 Å². The summed E-state index contributed by atoms with van der Waals surface area (Å²) < 4.78 is 16.3. The van der Waals surface area contributed by atoms with E-state index in [9.17, 15) is 5.11 Å². The number of ether oxygens (including phenoxy) is 3. The highest BCUT2D eigenvalue weighted by molar-refractivity contribution is 6.32. The first-order valence-electron chi connectivity index (χ1n) is 6.75. The van der Waals surface area contributed by atoms with Gasteiger partial charge in [-0.05, 0) is 44.4 Å². The average molecular weight is 301 g/mol. The molecule has 1 N–H and O–H groups in total. The van der Waals surface area contributed by atoms with Crippen LogP contribution in [0.15, 0.2) is 12.1 Å². The van der Waals surface area contributed by atoms with Gasteiger partial charge in [0.25, 0.3) is 0 Å². The summed E-state index contributed by atoms with van der Waals surface area (Å²) >= 11 is 6.17. The van der Waals surface area contributed by atoms with E-state index >= 15 is 0 Å². The highest BCUT2D eigenvalue weighted by Crippen LogP contribution is 2.40. The minimum Gasteiger partial charge on any atom is -0.486 e. The molecule has 0 bridgehead atoms. The first-order valence-corrected chi connectivity index (χ1v) is 7.13. The Morgan fingerprint density at radius 1 is 1.35 bits per heavy atom. The molecule has 4 nitrogen and oxygen atoms in total. The van der Waals surface area contributed by atoms with Gasteiger partial charge in [0, 0.05) is 7.11 Å². The second kappa shape index (κ2) is 6.20. The second-order valence-electron chi connectivity index (χ2n) is 5.55. The Balaban J connectivity index is 2.10. The largest absolute Gasteiger partial charge is 0.486 e. The van der Waals surface area contributed by atoms with Gasteiger partial charge in [-0.15, -0.1) is 0 Å². The van der Waals surface area contributed by atoms with Crippen LogP contribution in [0.3, 0.4) is 0 Å². The van der Waals surface area contributed by atoms with Crippen LogP contribution < -0.4 is 9.47 Å². The van der Waals surface area contributed by atoms with E-state index < -0.39 is 6.10 Å². The van der Waals surface area contributed by atoms with Crippen molar-refractivity contribution in [3.63, 3.8) is 0 Å². The van der Waals surface area contributed by atoms with Gasteiger partial charge in [-0.2, -0.15) is 0 Å². The molecule has 1 unspecified atom stereocenters. The third-order valence-electron chi connectivity index (χ3n) is 3.58. The molecule has 0 aromatic heterocycles. The first-order chi connectivity index (χ1) is 9.43. The molecule has 0 saturated carbocycles. The van der Waals surface area contributed by atoms with E-state index in [0.29, 0.717) is 36.2 Å². The second-order valence-corrected chi connectivity index (χ2v) is 5.95. The topological polar surface area (TPSA) is 47.9 Å². The number of hydrogen-bond acceptors (Lipinski definition) is 4. The number of benzene rings is 1. The zero-order valence-corrected chi connectivity index (χ0v) is 12.9. The van der Waals surface area contributed by atoms with Crippen molar-refractivity contribution in [2.45, 2.75) is 38.4 Å². The van der Waals surface area contributed by atoms with Gasteiger partial charge in [0.05, 0.1) is 16.7 Å². The van der Waals surface area contributed by atoms with Crippen LogP contribution >= 0.6 is 11.6 Å². The minimum absolute atomic E-state index is 0.251. The lowest BCUT2D eigenvalue weighted by Crippen LogP contribution is -2.23. The van der Waals surface area contributed by atoms with E-state index in [2.05, 4.69) is 0 Å². The van der Waals surface area contributed by atoms with Crippen LogP contribution in [0.5, 0.6) is 11.5 Å². The van der Waals surface area contributed by atoms with Crippen molar-refractivity contribution in [1.29, 1.82) is 0 Å². The number of aliphatic hydroxyl groups excluding tert-OH is 1. The third-order valence-corrected chi connectivity index (χ3v) is 3.86. The van der Waals surface area contributed by atoms with Crippen molar-refractivity contribution in [2.75, 3.05) is 20.3 Å². The lowest BCUT2D eigenvalue weighted by atomic mass is 9.96. The molecule has 0 saturated heterocycles. The van der Waals surface area contributed by atoms with Gasteiger partial charge in [-0.3, -0.25) is 0 Å². The van der Waals surface area contributed by atoms with Crippen molar-refractivity contribution in [1.82, 2.24) is 0 Å². The molecule has 1 aromatic carbocycles. The van der Waals surface area contributed by atoms with Gasteiger partial charge in [-0.1, -0.05) is 11.6 Å². The molecule has 1 heterocycles. The number of halogens is 1. The summed E-state index contributed by atoms with van der Waals surface area (Å²) in [5.74, 6) is 1.16. The highest BCUT2D eigenvalue weighted by atomic mass is 35.5. The normalized spacial score (nSPS) is 16.1. The van der Waals surface area contributed by atoms with Crippen LogP contribution in [-0.2, 0) is 4.74 Å². The van der Waals surface area contributed by atoms with Crippen molar-refractivity contribution in [2.24, 2.45) is 0 Å². The van der Waals surface area contributed by atoms with Crippen molar-refractivity contribution in [3.8, 4) is 11.5 Å². The number of rotatable bonds is 5. The molecule has 1 aliphatic rings. The molecule has 5 heteroatoms. The molecule has 1 aromatic rings. The summed E-state index contributed by atoms with van der Waals surface area (Å²) in [7, 11) is 1.67. The van der Waals surface area contributed by atoms with Crippen molar-refractivity contribution < 1.29 is 19.3 Å². The summed E-state index contributed by atoms with van der Waals surface area (Å²) in [6, 6.07) is 3.53. The fraction of sp³-hybridized carbons (Fsp3) is 0.600. The third kappa shape index (κ3) is 3.57. The van der Waals surface area contributed by atoms with Crippen LogP contribution in [0.25, 0.3) is 0 Å². The van der Waals surface area contributed by atoms with Gasteiger partial charge in [0.2, 0.25) is 0 Å². The van der Waals surface area contributed by atoms with Crippen LogP contribution in [0.2, 0.25) is 5.02 Å². The van der Waals surface area contributed by atoms with E-state index in [1.807, 2.05) is 13.8 Å². The SMILES string of the molecule is COC(C)(C)CCC(O)c1cc(Cl)c2c(c1)OCCO2. The Kier molecular flexibility index (Phi) is 4.78. The molecule has 0 aliphatic carbocycles. The Bertz CT molecular complexity index is 473. The molecule has 1 atom stereocenters. The summed E-state index contributed by atoms with van der Waals surface area (Å²) in [5.41, 5.74) is 0.490. The maximum Gasteiger partial charge on any atom is 0.179 e. The molecule has 1 aliphatic heterocycles. The highest BCUT2D eigenvalue weighted by Gasteiger charge is 2.22. The van der Waals surface area contributed by atoms with E-state index in [1.165, 1.54) is 0 Å². The fourth-order valence-corrected chi connectivity index (χ4v) is 2.35. The van der Waals surface area contributed by atoms with Crippen molar-refractivity contribution >= 4 is 11.6 Å². The van der Waals surface area contributed by atoms with Gasteiger partial charge in [0.1, 0.15) is 13.2 Å². The molecule has 0 amide bonds. The zero-order chi connectivity index (χ0) is 14.8. The Morgan fingerprint density at radius 3 is 2.75 bits per heavy atom. The van der Waals surface area contributed by atoms with Crippen LogP contribution in [0, 0.1) is 0 Å². The van der Waals surface area contributed by atoms with E-state index in [-0.39, 0.29) is 5.60 Å². The Hall–Kier alpha value is -0.970. The van der Waals surface area contributed by atoms with E-state index in [0.717, 1.165) is 12.0 Å². The molecule has 112 valence electrons. The lowest BCUT2D eigenvalue weighted by Gasteiger charge is -2.25. The fourth-order valence-electron chi connectivity index (χ4n) is 2.08. The average Bonchev–Trinajstić information content (AvgIpc) is 2.45.